The third-order valence-electron chi connectivity index (χ3n) is 3.20. The highest BCUT2D eigenvalue weighted by Gasteiger charge is 2.19. The Hall–Kier alpha value is -0.120. The summed E-state index contributed by atoms with van der Waals surface area (Å²) in [5, 5.41) is 0. The van der Waals surface area contributed by atoms with Crippen LogP contribution in [0.25, 0.3) is 0 Å². The average molecular weight is 228 g/mol. The summed E-state index contributed by atoms with van der Waals surface area (Å²) in [6.07, 6.45) is 4.00. The minimum atomic E-state index is 0.307. The lowest BCUT2D eigenvalue weighted by Crippen LogP contribution is -2.41. The summed E-state index contributed by atoms with van der Waals surface area (Å²) in [5.41, 5.74) is 6.14. The SMILES string of the molecule is CCN(CC(N)CC(C)C)CC1CCCO1. The first-order chi connectivity index (χ1) is 7.61. The van der Waals surface area contributed by atoms with Crippen molar-refractivity contribution in [1.29, 1.82) is 0 Å². The summed E-state index contributed by atoms with van der Waals surface area (Å²) >= 11 is 0. The fourth-order valence-corrected chi connectivity index (χ4v) is 2.42. The van der Waals surface area contributed by atoms with Crippen LogP contribution in [0.15, 0.2) is 0 Å². The minimum absolute atomic E-state index is 0.307. The standard InChI is InChI=1S/C13H28N2O/c1-4-15(9-12(14)8-11(2)3)10-13-6-5-7-16-13/h11-13H,4-10,14H2,1-3H3. The monoisotopic (exact) mass is 228 g/mol. The summed E-state index contributed by atoms with van der Waals surface area (Å²) in [6, 6.07) is 0.307. The van der Waals surface area contributed by atoms with Crippen molar-refractivity contribution in [3.8, 4) is 0 Å². The van der Waals surface area contributed by atoms with Gasteiger partial charge in [0, 0.05) is 25.7 Å². The van der Waals surface area contributed by atoms with E-state index in [-0.39, 0.29) is 0 Å². The van der Waals surface area contributed by atoms with Gasteiger partial charge in [0.25, 0.3) is 0 Å². The molecule has 1 fully saturated rings. The van der Waals surface area contributed by atoms with Gasteiger partial charge in [0.15, 0.2) is 0 Å². The summed E-state index contributed by atoms with van der Waals surface area (Å²) in [5.74, 6) is 0.691. The first-order valence-corrected chi connectivity index (χ1v) is 6.71. The molecule has 3 nitrogen and oxygen atoms in total. The van der Waals surface area contributed by atoms with Crippen LogP contribution in [0.5, 0.6) is 0 Å². The summed E-state index contributed by atoms with van der Waals surface area (Å²) in [4.78, 5) is 2.43. The summed E-state index contributed by atoms with van der Waals surface area (Å²) in [7, 11) is 0. The molecule has 1 heterocycles. The molecule has 2 N–H and O–H groups in total. The molecule has 2 atom stereocenters. The van der Waals surface area contributed by atoms with Gasteiger partial charge in [-0.2, -0.15) is 0 Å². The Balaban J connectivity index is 2.24. The maximum Gasteiger partial charge on any atom is 0.0702 e. The van der Waals surface area contributed by atoms with Crippen LogP contribution in [0.3, 0.4) is 0 Å². The number of nitrogens with two attached hydrogens (primary N) is 1. The van der Waals surface area contributed by atoms with Gasteiger partial charge in [-0.15, -0.1) is 0 Å². The van der Waals surface area contributed by atoms with Gasteiger partial charge >= 0.3 is 0 Å². The third-order valence-corrected chi connectivity index (χ3v) is 3.20. The Morgan fingerprint density at radius 2 is 2.19 bits per heavy atom. The second kappa shape index (κ2) is 7.25. The molecule has 0 spiro atoms. The molecule has 0 aromatic rings. The Bertz CT molecular complexity index is 179. The summed E-state index contributed by atoms with van der Waals surface area (Å²) < 4.78 is 5.67. The van der Waals surface area contributed by atoms with Crippen molar-refractivity contribution in [1.82, 2.24) is 4.90 Å². The molecule has 1 aliphatic rings. The molecule has 0 aromatic carbocycles. The lowest BCUT2D eigenvalue weighted by molar-refractivity contribution is 0.0722. The highest BCUT2D eigenvalue weighted by molar-refractivity contribution is 4.74. The minimum Gasteiger partial charge on any atom is -0.377 e. The van der Waals surface area contributed by atoms with Gasteiger partial charge in [0.1, 0.15) is 0 Å². The highest BCUT2D eigenvalue weighted by Crippen LogP contribution is 2.14. The van der Waals surface area contributed by atoms with E-state index in [0.717, 1.165) is 32.7 Å². The van der Waals surface area contributed by atoms with Crippen molar-refractivity contribution in [2.45, 2.75) is 52.2 Å². The van der Waals surface area contributed by atoms with Crippen molar-refractivity contribution in [2.75, 3.05) is 26.2 Å². The average Bonchev–Trinajstić information content (AvgIpc) is 2.68. The Morgan fingerprint density at radius 1 is 1.44 bits per heavy atom. The largest absolute Gasteiger partial charge is 0.377 e. The zero-order valence-electron chi connectivity index (χ0n) is 11.1. The van der Waals surface area contributed by atoms with Crippen LogP contribution in [-0.4, -0.2) is 43.3 Å². The van der Waals surface area contributed by atoms with Gasteiger partial charge in [0.2, 0.25) is 0 Å². The van der Waals surface area contributed by atoms with E-state index < -0.39 is 0 Å². The zero-order valence-corrected chi connectivity index (χ0v) is 11.1. The van der Waals surface area contributed by atoms with E-state index in [1.54, 1.807) is 0 Å². The lowest BCUT2D eigenvalue weighted by Gasteiger charge is -2.27. The Labute approximate surface area is 100 Å². The molecule has 1 aliphatic heterocycles. The van der Waals surface area contributed by atoms with Gasteiger partial charge < -0.3 is 10.5 Å². The third kappa shape index (κ3) is 5.28. The van der Waals surface area contributed by atoms with Crippen LogP contribution >= 0.6 is 0 Å². The van der Waals surface area contributed by atoms with Crippen LogP contribution < -0.4 is 5.73 Å². The topological polar surface area (TPSA) is 38.5 Å². The summed E-state index contributed by atoms with van der Waals surface area (Å²) in [6.45, 7) is 10.8. The molecule has 1 saturated heterocycles. The molecule has 0 bridgehead atoms. The van der Waals surface area contributed by atoms with E-state index in [2.05, 4.69) is 25.7 Å². The number of ether oxygens (including phenoxy) is 1. The maximum absolute atomic E-state index is 6.14. The molecule has 0 aromatic heterocycles. The van der Waals surface area contributed by atoms with Crippen LogP contribution in [0, 0.1) is 5.92 Å². The number of nitrogens with zero attached hydrogens (tertiary/aromatic N) is 1. The molecule has 2 unspecified atom stereocenters. The molecule has 0 aliphatic carbocycles. The predicted molar refractivity (Wildman–Crippen MR) is 68.5 cm³/mol. The molecule has 0 amide bonds. The Morgan fingerprint density at radius 3 is 2.69 bits per heavy atom. The van der Waals surface area contributed by atoms with Gasteiger partial charge in [-0.05, 0) is 31.7 Å². The van der Waals surface area contributed by atoms with Crippen LogP contribution in [0.1, 0.15) is 40.0 Å². The smallest absolute Gasteiger partial charge is 0.0702 e. The van der Waals surface area contributed by atoms with E-state index in [0.29, 0.717) is 18.1 Å². The predicted octanol–water partition coefficient (Wildman–Crippen LogP) is 1.86. The van der Waals surface area contributed by atoms with Gasteiger partial charge in [-0.3, -0.25) is 4.90 Å². The highest BCUT2D eigenvalue weighted by atomic mass is 16.5. The van der Waals surface area contributed by atoms with Crippen LogP contribution in [0.2, 0.25) is 0 Å². The van der Waals surface area contributed by atoms with Crippen molar-refractivity contribution < 1.29 is 4.74 Å². The molecule has 3 heteroatoms. The van der Waals surface area contributed by atoms with E-state index in [9.17, 15) is 0 Å². The van der Waals surface area contributed by atoms with E-state index in [1.165, 1.54) is 12.8 Å². The number of hydrogen-bond acceptors (Lipinski definition) is 3. The van der Waals surface area contributed by atoms with Crippen molar-refractivity contribution in [3.63, 3.8) is 0 Å². The first-order valence-electron chi connectivity index (χ1n) is 6.71. The molecule has 0 saturated carbocycles. The molecule has 0 radical (unpaired) electrons. The number of rotatable bonds is 7. The second-order valence-corrected chi connectivity index (χ2v) is 5.38. The molecule has 96 valence electrons. The van der Waals surface area contributed by atoms with Crippen LogP contribution in [0.4, 0.5) is 0 Å². The Kier molecular flexibility index (Phi) is 6.32. The number of likely N-dealkylation sites (N-methyl/N-ethyl adjacent to an activating group) is 1. The second-order valence-electron chi connectivity index (χ2n) is 5.38. The first kappa shape index (κ1) is 13.9. The molecular weight excluding hydrogens is 200 g/mol. The molecule has 16 heavy (non-hydrogen) atoms. The van der Waals surface area contributed by atoms with Gasteiger partial charge in [-0.25, -0.2) is 0 Å². The van der Waals surface area contributed by atoms with E-state index in [1.807, 2.05) is 0 Å². The molecular formula is C13H28N2O. The van der Waals surface area contributed by atoms with Gasteiger partial charge in [-0.1, -0.05) is 20.8 Å². The van der Waals surface area contributed by atoms with E-state index >= 15 is 0 Å². The van der Waals surface area contributed by atoms with E-state index in [4.69, 9.17) is 10.5 Å². The maximum atomic E-state index is 6.14. The fraction of sp³-hybridized carbons (Fsp3) is 1.00. The zero-order chi connectivity index (χ0) is 12.0. The quantitative estimate of drug-likeness (QED) is 0.723. The fourth-order valence-electron chi connectivity index (χ4n) is 2.42. The van der Waals surface area contributed by atoms with Crippen LogP contribution in [-0.2, 0) is 4.74 Å². The van der Waals surface area contributed by atoms with Crippen molar-refractivity contribution in [2.24, 2.45) is 11.7 Å². The lowest BCUT2D eigenvalue weighted by atomic mass is 10.0. The van der Waals surface area contributed by atoms with Gasteiger partial charge in [0.05, 0.1) is 6.10 Å². The van der Waals surface area contributed by atoms with Crippen molar-refractivity contribution in [3.05, 3.63) is 0 Å². The molecule has 1 rings (SSSR count). The number of hydrogen-bond donors (Lipinski definition) is 1. The normalized spacial score (nSPS) is 23.2. The van der Waals surface area contributed by atoms with Crippen molar-refractivity contribution >= 4 is 0 Å².